The highest BCUT2D eigenvalue weighted by atomic mass is 16.5. The van der Waals surface area contributed by atoms with Crippen LogP contribution in [0.25, 0.3) is 0 Å². The zero-order valence-electron chi connectivity index (χ0n) is 14.0. The van der Waals surface area contributed by atoms with Crippen molar-refractivity contribution >= 4 is 0 Å². The second kappa shape index (κ2) is 12.1. The summed E-state index contributed by atoms with van der Waals surface area (Å²) in [5.41, 5.74) is 1.09. The van der Waals surface area contributed by atoms with E-state index in [1.807, 2.05) is 31.2 Å². The van der Waals surface area contributed by atoms with Crippen LogP contribution in [0.1, 0.15) is 40.0 Å². The Bertz CT molecular complexity index is 400. The van der Waals surface area contributed by atoms with Crippen LogP contribution in [0, 0.1) is 5.92 Å². The van der Waals surface area contributed by atoms with E-state index in [2.05, 4.69) is 27.0 Å². The SMILES string of the molecule is C=C/C=C\C(=C/C)OC/C(=C/C(=C)C(C)CCCC)OC. The van der Waals surface area contributed by atoms with Crippen molar-refractivity contribution in [2.45, 2.75) is 40.0 Å². The van der Waals surface area contributed by atoms with Gasteiger partial charge in [-0.25, -0.2) is 0 Å². The van der Waals surface area contributed by atoms with Crippen molar-refractivity contribution in [1.29, 1.82) is 0 Å². The first-order valence-corrected chi connectivity index (χ1v) is 7.60. The molecule has 0 aromatic heterocycles. The molecule has 0 saturated heterocycles. The number of ether oxygens (including phenoxy) is 2. The van der Waals surface area contributed by atoms with Gasteiger partial charge in [-0.1, -0.05) is 52.0 Å². The van der Waals surface area contributed by atoms with Gasteiger partial charge < -0.3 is 9.47 Å². The predicted molar refractivity (Wildman–Crippen MR) is 92.0 cm³/mol. The lowest BCUT2D eigenvalue weighted by atomic mass is 9.96. The summed E-state index contributed by atoms with van der Waals surface area (Å²) in [5.74, 6) is 2.05. The molecule has 0 N–H and O–H groups in total. The lowest BCUT2D eigenvalue weighted by Crippen LogP contribution is -2.03. The van der Waals surface area contributed by atoms with Crippen LogP contribution in [0.4, 0.5) is 0 Å². The Balaban J connectivity index is 4.55. The molecule has 0 amide bonds. The minimum absolute atomic E-state index is 0.400. The summed E-state index contributed by atoms with van der Waals surface area (Å²) in [6.45, 7) is 14.5. The average Bonchev–Trinajstić information content (AvgIpc) is 2.51. The van der Waals surface area contributed by atoms with Gasteiger partial charge in [-0.3, -0.25) is 0 Å². The van der Waals surface area contributed by atoms with Gasteiger partial charge in [0, 0.05) is 0 Å². The van der Waals surface area contributed by atoms with Crippen molar-refractivity contribution in [3.05, 3.63) is 60.6 Å². The molecule has 0 bridgehead atoms. The van der Waals surface area contributed by atoms with Crippen molar-refractivity contribution in [2.75, 3.05) is 13.7 Å². The predicted octanol–water partition coefficient (Wildman–Crippen LogP) is 5.56. The van der Waals surface area contributed by atoms with Gasteiger partial charge >= 0.3 is 0 Å². The Labute approximate surface area is 130 Å². The van der Waals surface area contributed by atoms with Gasteiger partial charge in [-0.15, -0.1) is 0 Å². The highest BCUT2D eigenvalue weighted by Gasteiger charge is 2.07. The maximum absolute atomic E-state index is 5.70. The summed E-state index contributed by atoms with van der Waals surface area (Å²) in [6, 6.07) is 0. The summed E-state index contributed by atoms with van der Waals surface area (Å²) in [4.78, 5) is 0. The summed E-state index contributed by atoms with van der Waals surface area (Å²) in [7, 11) is 1.66. The molecule has 1 atom stereocenters. The molecule has 0 aliphatic heterocycles. The van der Waals surface area contributed by atoms with Crippen molar-refractivity contribution in [3.63, 3.8) is 0 Å². The standard InChI is InChI=1S/C19H30O2/c1-7-10-12-16(4)17(5)14-19(20-6)15-21-18(9-3)13-11-8-2/h8-9,11,13-14,16H,2,5,7,10,12,15H2,1,3-4,6H3/b13-11-,18-9+,19-14-. The largest absolute Gasteiger partial charge is 0.497 e. The van der Waals surface area contributed by atoms with E-state index in [0.29, 0.717) is 12.5 Å². The Hall–Kier alpha value is -1.70. The fraction of sp³-hybridized carbons (Fsp3) is 0.474. The molecule has 0 spiro atoms. The first-order valence-electron chi connectivity index (χ1n) is 7.60. The summed E-state index contributed by atoms with van der Waals surface area (Å²) in [6.07, 6.45) is 12.9. The summed E-state index contributed by atoms with van der Waals surface area (Å²) >= 11 is 0. The van der Waals surface area contributed by atoms with Gasteiger partial charge in [0.2, 0.25) is 0 Å². The molecule has 0 saturated carbocycles. The highest BCUT2D eigenvalue weighted by Crippen LogP contribution is 2.19. The Morgan fingerprint density at radius 2 is 2.05 bits per heavy atom. The molecular formula is C19H30O2. The van der Waals surface area contributed by atoms with Crippen LogP contribution >= 0.6 is 0 Å². The third-order valence-electron chi connectivity index (χ3n) is 3.29. The zero-order valence-corrected chi connectivity index (χ0v) is 14.0. The normalized spacial score (nSPS) is 14.1. The van der Waals surface area contributed by atoms with Crippen LogP contribution in [-0.2, 0) is 9.47 Å². The van der Waals surface area contributed by atoms with Crippen molar-refractivity contribution in [1.82, 2.24) is 0 Å². The molecule has 21 heavy (non-hydrogen) atoms. The van der Waals surface area contributed by atoms with Gasteiger partial charge in [0.1, 0.15) is 18.1 Å². The van der Waals surface area contributed by atoms with E-state index in [4.69, 9.17) is 9.47 Å². The Morgan fingerprint density at radius 3 is 2.57 bits per heavy atom. The van der Waals surface area contributed by atoms with Crippen LogP contribution in [0.2, 0.25) is 0 Å². The molecular weight excluding hydrogens is 260 g/mol. The van der Waals surface area contributed by atoms with Gasteiger partial charge in [-0.05, 0) is 43.1 Å². The molecule has 1 unspecified atom stereocenters. The Kier molecular flexibility index (Phi) is 11.1. The third kappa shape index (κ3) is 8.96. The average molecular weight is 290 g/mol. The van der Waals surface area contributed by atoms with Crippen LogP contribution in [0.5, 0.6) is 0 Å². The number of rotatable bonds is 11. The van der Waals surface area contributed by atoms with Gasteiger partial charge in [-0.2, -0.15) is 0 Å². The minimum Gasteiger partial charge on any atom is -0.497 e. The lowest BCUT2D eigenvalue weighted by Gasteiger charge is -2.14. The topological polar surface area (TPSA) is 18.5 Å². The molecule has 2 nitrogen and oxygen atoms in total. The highest BCUT2D eigenvalue weighted by molar-refractivity contribution is 5.21. The molecule has 0 aromatic rings. The van der Waals surface area contributed by atoms with E-state index >= 15 is 0 Å². The van der Waals surface area contributed by atoms with E-state index in [1.165, 1.54) is 12.8 Å². The number of hydrogen-bond acceptors (Lipinski definition) is 2. The maximum atomic E-state index is 5.70. The van der Waals surface area contributed by atoms with E-state index in [1.54, 1.807) is 13.2 Å². The minimum atomic E-state index is 0.400. The summed E-state index contributed by atoms with van der Waals surface area (Å²) < 4.78 is 11.1. The Morgan fingerprint density at radius 1 is 1.33 bits per heavy atom. The van der Waals surface area contributed by atoms with E-state index in [-0.39, 0.29) is 0 Å². The van der Waals surface area contributed by atoms with Crippen LogP contribution in [-0.4, -0.2) is 13.7 Å². The second-order valence-corrected chi connectivity index (χ2v) is 5.01. The van der Waals surface area contributed by atoms with E-state index < -0.39 is 0 Å². The summed E-state index contributed by atoms with van der Waals surface area (Å²) in [5, 5.41) is 0. The lowest BCUT2D eigenvalue weighted by molar-refractivity contribution is 0.174. The van der Waals surface area contributed by atoms with Crippen LogP contribution < -0.4 is 0 Å². The van der Waals surface area contributed by atoms with Crippen molar-refractivity contribution in [3.8, 4) is 0 Å². The van der Waals surface area contributed by atoms with E-state index in [0.717, 1.165) is 23.5 Å². The number of allylic oxidation sites excluding steroid dienone is 6. The molecule has 0 heterocycles. The fourth-order valence-corrected chi connectivity index (χ4v) is 1.75. The molecule has 0 aliphatic rings. The molecule has 0 aliphatic carbocycles. The number of unbranched alkanes of at least 4 members (excludes halogenated alkanes) is 1. The fourth-order valence-electron chi connectivity index (χ4n) is 1.75. The third-order valence-corrected chi connectivity index (χ3v) is 3.29. The monoisotopic (exact) mass is 290 g/mol. The number of methoxy groups -OCH3 is 1. The van der Waals surface area contributed by atoms with Gasteiger partial charge in [0.25, 0.3) is 0 Å². The molecule has 0 radical (unpaired) electrons. The van der Waals surface area contributed by atoms with E-state index in [9.17, 15) is 0 Å². The first kappa shape index (κ1) is 19.3. The van der Waals surface area contributed by atoms with Crippen molar-refractivity contribution < 1.29 is 9.47 Å². The zero-order chi connectivity index (χ0) is 16.1. The van der Waals surface area contributed by atoms with Crippen LogP contribution in [0.3, 0.4) is 0 Å². The van der Waals surface area contributed by atoms with Crippen molar-refractivity contribution in [2.24, 2.45) is 5.92 Å². The maximum Gasteiger partial charge on any atom is 0.145 e. The quantitative estimate of drug-likeness (QED) is 0.366. The van der Waals surface area contributed by atoms with Gasteiger partial charge in [0.15, 0.2) is 0 Å². The smallest absolute Gasteiger partial charge is 0.145 e. The second-order valence-electron chi connectivity index (χ2n) is 5.01. The van der Waals surface area contributed by atoms with Gasteiger partial charge in [0.05, 0.1) is 7.11 Å². The molecule has 0 aromatic carbocycles. The molecule has 118 valence electrons. The molecule has 2 heteroatoms. The first-order chi connectivity index (χ1) is 10.1. The molecule has 0 fully saturated rings. The molecule has 0 rings (SSSR count). The van der Waals surface area contributed by atoms with Crippen LogP contribution in [0.15, 0.2) is 60.6 Å². The number of hydrogen-bond donors (Lipinski definition) is 0.